The zero-order chi connectivity index (χ0) is 15.7. The van der Waals surface area contributed by atoms with Gasteiger partial charge in [-0.2, -0.15) is 0 Å². The van der Waals surface area contributed by atoms with E-state index in [0.717, 1.165) is 22.9 Å². The maximum atomic E-state index is 11.9. The van der Waals surface area contributed by atoms with Gasteiger partial charge in [0, 0.05) is 23.6 Å². The molecule has 1 fully saturated rings. The van der Waals surface area contributed by atoms with Crippen molar-refractivity contribution in [3.05, 3.63) is 45.3 Å². The summed E-state index contributed by atoms with van der Waals surface area (Å²) in [5, 5.41) is 0.794. The van der Waals surface area contributed by atoms with E-state index in [4.69, 9.17) is 13.9 Å². The van der Waals surface area contributed by atoms with Gasteiger partial charge in [0.2, 0.25) is 0 Å². The first-order valence-electron chi connectivity index (χ1n) is 7.37. The van der Waals surface area contributed by atoms with Crippen LogP contribution >= 0.6 is 0 Å². The van der Waals surface area contributed by atoms with Gasteiger partial charge in [0.25, 0.3) is 0 Å². The number of carbonyl (C=O) groups is 1. The van der Waals surface area contributed by atoms with E-state index in [1.807, 2.05) is 26.0 Å². The molecule has 5 nitrogen and oxygen atoms in total. The largest absolute Gasteiger partial charge is 0.459 e. The highest BCUT2D eigenvalue weighted by molar-refractivity contribution is 5.84. The lowest BCUT2D eigenvalue weighted by Crippen LogP contribution is -2.22. The Morgan fingerprint density at radius 1 is 1.36 bits per heavy atom. The zero-order valence-electron chi connectivity index (χ0n) is 12.7. The molecule has 0 unspecified atom stereocenters. The molecule has 1 saturated heterocycles. The molecule has 0 bridgehead atoms. The summed E-state index contributed by atoms with van der Waals surface area (Å²) in [5.74, 6) is -0.372. The summed E-state index contributed by atoms with van der Waals surface area (Å²) >= 11 is 0. The van der Waals surface area contributed by atoms with Crippen molar-refractivity contribution in [3.8, 4) is 0 Å². The Morgan fingerprint density at radius 3 is 2.91 bits per heavy atom. The summed E-state index contributed by atoms with van der Waals surface area (Å²) in [7, 11) is 0. The highest BCUT2D eigenvalue weighted by atomic mass is 16.6. The molecule has 1 aromatic heterocycles. The van der Waals surface area contributed by atoms with E-state index in [1.54, 1.807) is 0 Å². The highest BCUT2D eigenvalue weighted by Crippen LogP contribution is 2.24. The lowest BCUT2D eigenvalue weighted by Gasteiger charge is -2.12. The molecule has 116 valence electrons. The molecule has 22 heavy (non-hydrogen) atoms. The van der Waals surface area contributed by atoms with Gasteiger partial charge in [-0.25, -0.2) is 9.59 Å². The molecule has 1 aliphatic heterocycles. The Labute approximate surface area is 127 Å². The first-order valence-corrected chi connectivity index (χ1v) is 7.37. The lowest BCUT2D eigenvalue weighted by molar-refractivity contribution is -0.155. The number of fused-ring (bicyclic) bond motifs is 1. The number of benzene rings is 1. The molecule has 2 aromatic rings. The van der Waals surface area contributed by atoms with Crippen LogP contribution in [-0.4, -0.2) is 18.7 Å². The maximum Gasteiger partial charge on any atom is 0.336 e. The molecule has 1 atom stereocenters. The predicted octanol–water partition coefficient (Wildman–Crippen LogP) is 2.63. The van der Waals surface area contributed by atoms with Crippen LogP contribution in [0.4, 0.5) is 0 Å². The summed E-state index contributed by atoms with van der Waals surface area (Å²) in [6.07, 6.45) is 1.08. The van der Waals surface area contributed by atoms with Gasteiger partial charge in [0.05, 0.1) is 0 Å². The molecule has 1 aliphatic rings. The number of hydrogen-bond acceptors (Lipinski definition) is 5. The van der Waals surface area contributed by atoms with Crippen LogP contribution < -0.4 is 5.63 Å². The standard InChI is InChI=1S/C17H18O5/c1-10-5-6-13-12(8-15(18)22-16(13)11(10)2)9-21-17(19)14-4-3-7-20-14/h5-6,8,14H,3-4,7,9H2,1-2H3/t14-/m0/s1. The Hall–Kier alpha value is -2.14. The fourth-order valence-corrected chi connectivity index (χ4v) is 2.65. The van der Waals surface area contributed by atoms with Crippen molar-refractivity contribution >= 4 is 16.9 Å². The number of esters is 1. The molecule has 0 saturated carbocycles. The monoisotopic (exact) mass is 302 g/mol. The summed E-state index contributed by atoms with van der Waals surface area (Å²) in [6, 6.07) is 5.22. The van der Waals surface area contributed by atoms with Crippen molar-refractivity contribution in [3.63, 3.8) is 0 Å². The van der Waals surface area contributed by atoms with Crippen molar-refractivity contribution in [1.82, 2.24) is 0 Å². The molecule has 1 aromatic carbocycles. The smallest absolute Gasteiger partial charge is 0.336 e. The van der Waals surface area contributed by atoms with Crippen LogP contribution in [0.1, 0.15) is 29.5 Å². The Bertz CT molecular complexity index is 768. The third-order valence-electron chi connectivity index (χ3n) is 4.08. The van der Waals surface area contributed by atoms with Crippen molar-refractivity contribution in [2.24, 2.45) is 0 Å². The SMILES string of the molecule is Cc1ccc2c(COC(=O)[C@@H]3CCCO3)cc(=O)oc2c1C. The Balaban J connectivity index is 1.88. The van der Waals surface area contributed by atoms with Crippen molar-refractivity contribution < 1.29 is 18.7 Å². The second-order valence-electron chi connectivity index (χ2n) is 5.58. The highest BCUT2D eigenvalue weighted by Gasteiger charge is 2.25. The molecule has 0 spiro atoms. The average Bonchev–Trinajstić information content (AvgIpc) is 3.03. The number of ether oxygens (including phenoxy) is 2. The summed E-state index contributed by atoms with van der Waals surface area (Å²) in [6.45, 7) is 4.50. The van der Waals surface area contributed by atoms with Crippen LogP contribution in [0.5, 0.6) is 0 Å². The van der Waals surface area contributed by atoms with E-state index in [2.05, 4.69) is 0 Å². The first-order chi connectivity index (χ1) is 10.6. The van der Waals surface area contributed by atoms with E-state index >= 15 is 0 Å². The second kappa shape index (κ2) is 5.93. The molecule has 0 N–H and O–H groups in total. The van der Waals surface area contributed by atoms with Crippen molar-refractivity contribution in [1.29, 1.82) is 0 Å². The van der Waals surface area contributed by atoms with Gasteiger partial charge in [-0.1, -0.05) is 12.1 Å². The quantitative estimate of drug-likeness (QED) is 0.644. The molecule has 5 heteroatoms. The van der Waals surface area contributed by atoms with Gasteiger partial charge in [-0.05, 0) is 37.8 Å². The van der Waals surface area contributed by atoms with Gasteiger partial charge in [0.1, 0.15) is 12.2 Å². The van der Waals surface area contributed by atoms with E-state index in [9.17, 15) is 9.59 Å². The average molecular weight is 302 g/mol. The van der Waals surface area contributed by atoms with Crippen LogP contribution in [0.15, 0.2) is 27.4 Å². The van der Waals surface area contributed by atoms with Crippen LogP contribution in [-0.2, 0) is 20.9 Å². The second-order valence-corrected chi connectivity index (χ2v) is 5.58. The van der Waals surface area contributed by atoms with Crippen LogP contribution in [0.3, 0.4) is 0 Å². The molecule has 0 amide bonds. The first kappa shape index (κ1) is 14.8. The van der Waals surface area contributed by atoms with E-state index in [1.165, 1.54) is 6.07 Å². The minimum absolute atomic E-state index is 0.0449. The summed E-state index contributed by atoms with van der Waals surface area (Å²) < 4.78 is 15.9. The third kappa shape index (κ3) is 2.76. The maximum absolute atomic E-state index is 11.9. The number of rotatable bonds is 3. The summed E-state index contributed by atoms with van der Waals surface area (Å²) in [5.41, 5.74) is 2.73. The van der Waals surface area contributed by atoms with Gasteiger partial charge in [0.15, 0.2) is 6.10 Å². The summed E-state index contributed by atoms with van der Waals surface area (Å²) in [4.78, 5) is 23.6. The normalized spacial score (nSPS) is 17.8. The van der Waals surface area contributed by atoms with Gasteiger partial charge < -0.3 is 13.9 Å². The predicted molar refractivity (Wildman–Crippen MR) is 80.7 cm³/mol. The van der Waals surface area contributed by atoms with Gasteiger partial charge in [-0.15, -0.1) is 0 Å². The topological polar surface area (TPSA) is 65.7 Å². The Morgan fingerprint density at radius 2 is 2.18 bits per heavy atom. The third-order valence-corrected chi connectivity index (χ3v) is 4.08. The van der Waals surface area contributed by atoms with Gasteiger partial charge >= 0.3 is 11.6 Å². The van der Waals surface area contributed by atoms with E-state index < -0.39 is 11.7 Å². The molecular formula is C17H18O5. The molecular weight excluding hydrogens is 284 g/mol. The number of hydrogen-bond donors (Lipinski definition) is 0. The van der Waals surface area contributed by atoms with Crippen molar-refractivity contribution in [2.75, 3.05) is 6.61 Å². The fourth-order valence-electron chi connectivity index (χ4n) is 2.65. The Kier molecular flexibility index (Phi) is 3.98. The molecule has 0 radical (unpaired) electrons. The van der Waals surface area contributed by atoms with Crippen molar-refractivity contribution in [2.45, 2.75) is 39.4 Å². The van der Waals surface area contributed by atoms with Crippen LogP contribution in [0.2, 0.25) is 0 Å². The number of carbonyl (C=O) groups excluding carboxylic acids is 1. The van der Waals surface area contributed by atoms with Crippen LogP contribution in [0.25, 0.3) is 11.0 Å². The zero-order valence-corrected chi connectivity index (χ0v) is 12.7. The molecule has 0 aliphatic carbocycles. The number of aryl methyl sites for hydroxylation is 2. The molecule has 3 rings (SSSR count). The van der Waals surface area contributed by atoms with Crippen LogP contribution in [0, 0.1) is 13.8 Å². The minimum atomic E-state index is -0.477. The molecule has 2 heterocycles. The lowest BCUT2D eigenvalue weighted by atomic mass is 10.0. The van der Waals surface area contributed by atoms with E-state index in [-0.39, 0.29) is 12.6 Å². The van der Waals surface area contributed by atoms with Gasteiger partial charge in [-0.3, -0.25) is 0 Å². The fraction of sp³-hybridized carbons (Fsp3) is 0.412. The minimum Gasteiger partial charge on any atom is -0.459 e. The van der Waals surface area contributed by atoms with E-state index in [0.29, 0.717) is 24.2 Å².